The molecule has 2 rings (SSSR count). The highest BCUT2D eigenvalue weighted by molar-refractivity contribution is 7.99. The van der Waals surface area contributed by atoms with Gasteiger partial charge >= 0.3 is 5.97 Å². The molecule has 7 heteroatoms. The van der Waals surface area contributed by atoms with Gasteiger partial charge in [0.2, 0.25) is 5.16 Å². The molecular formula is C9H14N4O2S. The summed E-state index contributed by atoms with van der Waals surface area (Å²) in [5.74, 6) is -0.153. The first-order valence-electron chi connectivity index (χ1n) is 5.07. The van der Waals surface area contributed by atoms with Crippen LogP contribution in [0.4, 0.5) is 0 Å². The highest BCUT2D eigenvalue weighted by Gasteiger charge is 2.42. The van der Waals surface area contributed by atoms with E-state index in [1.807, 2.05) is 6.92 Å². The number of nitrogens with one attached hydrogen (secondary N) is 1. The maximum atomic E-state index is 11.0. The van der Waals surface area contributed by atoms with E-state index in [9.17, 15) is 4.79 Å². The SMILES string of the molecule is Cc1nc(SC2CCC(N)(C(=O)O)C2)n[nH]1. The highest BCUT2D eigenvalue weighted by Crippen LogP contribution is 2.37. The molecule has 4 N–H and O–H groups in total. The first-order valence-corrected chi connectivity index (χ1v) is 5.95. The summed E-state index contributed by atoms with van der Waals surface area (Å²) in [5.41, 5.74) is 4.72. The van der Waals surface area contributed by atoms with E-state index in [1.54, 1.807) is 0 Å². The van der Waals surface area contributed by atoms with E-state index >= 15 is 0 Å². The summed E-state index contributed by atoms with van der Waals surface area (Å²) in [4.78, 5) is 15.1. The van der Waals surface area contributed by atoms with Crippen molar-refractivity contribution in [3.05, 3.63) is 5.82 Å². The van der Waals surface area contributed by atoms with Gasteiger partial charge in [0.15, 0.2) is 0 Å². The summed E-state index contributed by atoms with van der Waals surface area (Å²) in [6.45, 7) is 1.83. The van der Waals surface area contributed by atoms with Crippen molar-refractivity contribution >= 4 is 17.7 Å². The molecule has 1 heterocycles. The predicted molar refractivity (Wildman–Crippen MR) is 59.2 cm³/mol. The number of carboxylic acid groups (broad SMARTS) is 1. The van der Waals surface area contributed by atoms with Crippen molar-refractivity contribution in [3.8, 4) is 0 Å². The van der Waals surface area contributed by atoms with Crippen LogP contribution < -0.4 is 5.73 Å². The van der Waals surface area contributed by atoms with Crippen LogP contribution in [-0.4, -0.2) is 37.0 Å². The van der Waals surface area contributed by atoms with Crippen molar-refractivity contribution < 1.29 is 9.90 Å². The van der Waals surface area contributed by atoms with Gasteiger partial charge in [-0.05, 0) is 26.2 Å². The second-order valence-corrected chi connectivity index (χ2v) is 5.41. The molecule has 1 fully saturated rings. The Balaban J connectivity index is 1.97. The molecule has 16 heavy (non-hydrogen) atoms. The molecule has 2 unspecified atom stereocenters. The average Bonchev–Trinajstić information content (AvgIpc) is 2.75. The van der Waals surface area contributed by atoms with Gasteiger partial charge in [0.05, 0.1) is 0 Å². The fourth-order valence-electron chi connectivity index (χ4n) is 1.85. The summed E-state index contributed by atoms with van der Waals surface area (Å²) >= 11 is 1.49. The van der Waals surface area contributed by atoms with Crippen LogP contribution in [0.3, 0.4) is 0 Å². The number of hydrogen-bond donors (Lipinski definition) is 3. The fourth-order valence-corrected chi connectivity index (χ4v) is 3.05. The van der Waals surface area contributed by atoms with Crippen LogP contribution in [0.25, 0.3) is 0 Å². The molecule has 1 aliphatic carbocycles. The van der Waals surface area contributed by atoms with E-state index in [0.29, 0.717) is 18.0 Å². The molecule has 1 saturated carbocycles. The van der Waals surface area contributed by atoms with Crippen molar-refractivity contribution in [1.29, 1.82) is 0 Å². The van der Waals surface area contributed by atoms with Crippen LogP contribution in [0.15, 0.2) is 5.16 Å². The number of thioether (sulfide) groups is 1. The topological polar surface area (TPSA) is 105 Å². The van der Waals surface area contributed by atoms with Gasteiger partial charge in [-0.25, -0.2) is 4.98 Å². The molecule has 1 aliphatic rings. The normalized spacial score (nSPS) is 29.5. The van der Waals surface area contributed by atoms with Crippen LogP contribution in [0.2, 0.25) is 0 Å². The largest absolute Gasteiger partial charge is 0.480 e. The van der Waals surface area contributed by atoms with Crippen LogP contribution >= 0.6 is 11.8 Å². The molecule has 0 aromatic carbocycles. The van der Waals surface area contributed by atoms with E-state index in [1.165, 1.54) is 11.8 Å². The number of carbonyl (C=O) groups is 1. The lowest BCUT2D eigenvalue weighted by Gasteiger charge is -2.17. The van der Waals surface area contributed by atoms with Crippen molar-refractivity contribution in [2.24, 2.45) is 5.73 Å². The molecule has 0 saturated heterocycles. The molecule has 0 spiro atoms. The van der Waals surface area contributed by atoms with Crippen LogP contribution in [0.1, 0.15) is 25.1 Å². The average molecular weight is 242 g/mol. The molecule has 0 amide bonds. The zero-order valence-electron chi connectivity index (χ0n) is 8.93. The molecule has 2 atom stereocenters. The molecule has 6 nitrogen and oxygen atoms in total. The number of aromatic nitrogens is 3. The van der Waals surface area contributed by atoms with Gasteiger partial charge in [-0.1, -0.05) is 11.8 Å². The Labute approximate surface area is 97.0 Å². The maximum absolute atomic E-state index is 11.0. The first-order chi connectivity index (χ1) is 7.49. The smallest absolute Gasteiger partial charge is 0.323 e. The van der Waals surface area contributed by atoms with E-state index in [0.717, 1.165) is 12.2 Å². The zero-order valence-corrected chi connectivity index (χ0v) is 9.75. The number of nitrogens with zero attached hydrogens (tertiary/aromatic N) is 2. The molecule has 1 aromatic heterocycles. The Bertz CT molecular complexity index is 408. The number of aryl methyl sites for hydroxylation is 1. The van der Waals surface area contributed by atoms with E-state index in [2.05, 4.69) is 15.2 Å². The van der Waals surface area contributed by atoms with Gasteiger partial charge in [0, 0.05) is 5.25 Å². The molecular weight excluding hydrogens is 228 g/mol. The summed E-state index contributed by atoms with van der Waals surface area (Å²) in [6.07, 6.45) is 1.78. The third kappa shape index (κ3) is 2.19. The third-order valence-electron chi connectivity index (χ3n) is 2.78. The van der Waals surface area contributed by atoms with Crippen LogP contribution in [0.5, 0.6) is 0 Å². The van der Waals surface area contributed by atoms with E-state index < -0.39 is 11.5 Å². The number of rotatable bonds is 3. The second-order valence-electron chi connectivity index (χ2n) is 4.15. The van der Waals surface area contributed by atoms with Crippen molar-refractivity contribution in [2.75, 3.05) is 0 Å². The van der Waals surface area contributed by atoms with Gasteiger partial charge in [0.1, 0.15) is 11.4 Å². The minimum Gasteiger partial charge on any atom is -0.480 e. The second kappa shape index (κ2) is 4.06. The lowest BCUT2D eigenvalue weighted by molar-refractivity contribution is -0.143. The van der Waals surface area contributed by atoms with Crippen LogP contribution in [-0.2, 0) is 4.79 Å². The Kier molecular flexibility index (Phi) is 2.90. The molecule has 88 valence electrons. The summed E-state index contributed by atoms with van der Waals surface area (Å²) in [7, 11) is 0. The Morgan fingerprint density at radius 2 is 2.50 bits per heavy atom. The Morgan fingerprint density at radius 3 is 3.00 bits per heavy atom. The Hall–Kier alpha value is -1.08. The minimum atomic E-state index is -1.07. The van der Waals surface area contributed by atoms with Gasteiger partial charge in [-0.3, -0.25) is 9.89 Å². The van der Waals surface area contributed by atoms with Gasteiger partial charge < -0.3 is 10.8 Å². The van der Waals surface area contributed by atoms with Crippen molar-refractivity contribution in [2.45, 2.75) is 42.1 Å². The monoisotopic (exact) mass is 242 g/mol. The molecule has 0 aliphatic heterocycles. The molecule has 0 bridgehead atoms. The quantitative estimate of drug-likeness (QED) is 0.714. The summed E-state index contributed by atoms with van der Waals surface area (Å²) < 4.78 is 0. The first kappa shape index (κ1) is 11.4. The standard InChI is InChI=1S/C9H14N4O2S/c1-5-11-8(13-12-5)16-6-2-3-9(10,4-6)7(14)15/h6H,2-4,10H2,1H3,(H,14,15)(H,11,12,13). The van der Waals surface area contributed by atoms with Crippen molar-refractivity contribution in [3.63, 3.8) is 0 Å². The van der Waals surface area contributed by atoms with Gasteiger partial charge in [-0.2, -0.15) is 0 Å². The number of aliphatic carboxylic acids is 1. The van der Waals surface area contributed by atoms with E-state index in [4.69, 9.17) is 10.8 Å². The van der Waals surface area contributed by atoms with Gasteiger partial charge in [0.25, 0.3) is 0 Å². The van der Waals surface area contributed by atoms with Crippen LogP contribution in [0, 0.1) is 6.92 Å². The zero-order chi connectivity index (χ0) is 11.8. The fraction of sp³-hybridized carbons (Fsp3) is 0.667. The molecule has 0 radical (unpaired) electrons. The Morgan fingerprint density at radius 1 is 1.75 bits per heavy atom. The number of aromatic amines is 1. The summed E-state index contributed by atoms with van der Waals surface area (Å²) in [5, 5.41) is 16.6. The van der Waals surface area contributed by atoms with Crippen molar-refractivity contribution in [1.82, 2.24) is 15.2 Å². The lowest BCUT2D eigenvalue weighted by atomic mass is 10.0. The molecule has 1 aromatic rings. The number of carboxylic acids is 1. The number of H-pyrrole nitrogens is 1. The number of hydrogen-bond acceptors (Lipinski definition) is 5. The van der Waals surface area contributed by atoms with E-state index in [-0.39, 0.29) is 5.25 Å². The van der Waals surface area contributed by atoms with Gasteiger partial charge in [-0.15, -0.1) is 5.10 Å². The predicted octanol–water partition coefficient (Wildman–Crippen LogP) is 0.540. The number of nitrogens with two attached hydrogens (primary N) is 1. The minimum absolute atomic E-state index is 0.191. The summed E-state index contributed by atoms with van der Waals surface area (Å²) in [6, 6.07) is 0. The maximum Gasteiger partial charge on any atom is 0.323 e. The third-order valence-corrected chi connectivity index (χ3v) is 3.91. The highest BCUT2D eigenvalue weighted by atomic mass is 32.2. The lowest BCUT2D eigenvalue weighted by Crippen LogP contribution is -2.45.